The van der Waals surface area contributed by atoms with E-state index < -0.39 is 29.4 Å². The Hall–Kier alpha value is -8.05. The molecule has 8 aromatic rings. The summed E-state index contributed by atoms with van der Waals surface area (Å²) >= 11 is 0. The highest BCUT2D eigenvalue weighted by Gasteiger charge is 2.29. The second-order valence-electron chi connectivity index (χ2n) is 13.2. The predicted molar refractivity (Wildman–Crippen MR) is 221 cm³/mol. The Morgan fingerprint density at radius 1 is 0.534 bits per heavy atom. The van der Waals surface area contributed by atoms with Crippen molar-refractivity contribution in [2.75, 3.05) is 24.9 Å². The molecule has 4 aromatic heterocycles. The quantitative estimate of drug-likeness (QED) is 0.0764. The fourth-order valence-corrected chi connectivity index (χ4v) is 7.14. The molecule has 0 radical (unpaired) electrons. The summed E-state index contributed by atoms with van der Waals surface area (Å²) in [5.41, 5.74) is 5.19. The van der Waals surface area contributed by atoms with E-state index in [1.165, 1.54) is 32.4 Å². The van der Waals surface area contributed by atoms with E-state index in [4.69, 9.17) is 9.47 Å². The second-order valence-corrected chi connectivity index (χ2v) is 13.2. The lowest BCUT2D eigenvalue weighted by molar-refractivity contribution is -0.113. The number of benzene rings is 4. The molecule has 11 nitrogen and oxygen atoms in total. The SMILES string of the molecule is COC(=O)c1ccc(NC(=O)C(=O)c2c(-c3ccccc3)cc3ccccn23)cc1-c1cccc2cc(-c3ccccc3)c(C(=O)C(=O)Nc3ccccc3OC)n12. The van der Waals surface area contributed by atoms with Gasteiger partial charge in [0.25, 0.3) is 23.4 Å². The van der Waals surface area contributed by atoms with E-state index in [0.29, 0.717) is 39.3 Å². The highest BCUT2D eigenvalue weighted by Crippen LogP contribution is 2.36. The smallest absolute Gasteiger partial charge is 0.338 e. The Kier molecular flexibility index (Phi) is 9.92. The topological polar surface area (TPSA) is 137 Å². The molecule has 0 atom stereocenters. The molecular formula is C47H34N4O7. The monoisotopic (exact) mass is 766 g/mol. The number of carbonyl (C=O) groups excluding carboxylic acids is 5. The molecule has 0 bridgehead atoms. The van der Waals surface area contributed by atoms with Crippen LogP contribution in [0, 0.1) is 0 Å². The first-order valence-electron chi connectivity index (χ1n) is 18.2. The average Bonchev–Trinajstić information content (AvgIpc) is 3.86. The van der Waals surface area contributed by atoms with Crippen molar-refractivity contribution in [1.29, 1.82) is 0 Å². The zero-order valence-corrected chi connectivity index (χ0v) is 31.3. The molecular weight excluding hydrogens is 733 g/mol. The number of Topliss-reactive ketones (excluding diaryl/α,β-unsaturated/α-hetero) is 2. The van der Waals surface area contributed by atoms with Crippen molar-refractivity contribution in [2.24, 2.45) is 0 Å². The van der Waals surface area contributed by atoms with Gasteiger partial charge in [-0.3, -0.25) is 19.2 Å². The Morgan fingerprint density at radius 2 is 1.14 bits per heavy atom. The van der Waals surface area contributed by atoms with Crippen LogP contribution >= 0.6 is 0 Å². The van der Waals surface area contributed by atoms with Crippen LogP contribution in [-0.4, -0.2) is 52.4 Å². The third-order valence-electron chi connectivity index (χ3n) is 9.80. The van der Waals surface area contributed by atoms with E-state index in [1.807, 2.05) is 78.9 Å². The number of hydrogen-bond acceptors (Lipinski definition) is 7. The van der Waals surface area contributed by atoms with Gasteiger partial charge in [0.2, 0.25) is 0 Å². The summed E-state index contributed by atoms with van der Waals surface area (Å²) in [7, 11) is 2.70. The maximum absolute atomic E-state index is 14.4. The highest BCUT2D eigenvalue weighted by molar-refractivity contribution is 6.48. The van der Waals surface area contributed by atoms with Gasteiger partial charge in [-0.25, -0.2) is 4.79 Å². The van der Waals surface area contributed by atoms with Gasteiger partial charge in [0.15, 0.2) is 0 Å². The molecule has 11 heteroatoms. The van der Waals surface area contributed by atoms with Crippen molar-refractivity contribution < 1.29 is 33.4 Å². The number of para-hydroxylation sites is 2. The summed E-state index contributed by atoms with van der Waals surface area (Å²) in [6, 6.07) is 44.0. The van der Waals surface area contributed by atoms with Gasteiger partial charge in [-0.15, -0.1) is 0 Å². The third kappa shape index (κ3) is 6.77. The van der Waals surface area contributed by atoms with Crippen molar-refractivity contribution in [1.82, 2.24) is 8.80 Å². The molecule has 284 valence electrons. The Labute approximate surface area is 332 Å². The van der Waals surface area contributed by atoms with Gasteiger partial charge in [-0.05, 0) is 77.9 Å². The number of pyridine rings is 2. The zero-order valence-electron chi connectivity index (χ0n) is 31.3. The van der Waals surface area contributed by atoms with Crippen LogP contribution < -0.4 is 15.4 Å². The van der Waals surface area contributed by atoms with Crippen LogP contribution in [0.3, 0.4) is 0 Å². The van der Waals surface area contributed by atoms with Crippen molar-refractivity contribution in [3.8, 4) is 39.3 Å². The lowest BCUT2D eigenvalue weighted by atomic mass is 10.0. The maximum atomic E-state index is 14.4. The molecule has 0 spiro atoms. The van der Waals surface area contributed by atoms with Gasteiger partial charge < -0.3 is 28.9 Å². The van der Waals surface area contributed by atoms with Crippen LogP contribution in [0.4, 0.5) is 11.4 Å². The number of ketones is 2. The molecule has 0 unspecified atom stereocenters. The standard InChI is InChI=1S/C47H34N4O7/c1-57-40-22-10-9-20-38(40)49-46(55)44(53)42-36(30-16-7-4-8-17-30)28-33-19-13-21-39(51(33)42)37-26-31(23-24-34(37)47(56)58-2)48-45(54)43(52)41-35(29-14-5-3-6-15-29)27-32-18-11-12-25-50(32)41/h3-28H,1-2H3,(H,48,54)(H,49,55). The lowest BCUT2D eigenvalue weighted by Crippen LogP contribution is -2.25. The number of anilines is 2. The van der Waals surface area contributed by atoms with Gasteiger partial charge >= 0.3 is 5.97 Å². The number of hydrogen-bond donors (Lipinski definition) is 2. The second kappa shape index (κ2) is 15.6. The fourth-order valence-electron chi connectivity index (χ4n) is 7.14. The largest absolute Gasteiger partial charge is 0.495 e. The van der Waals surface area contributed by atoms with Crippen LogP contribution in [0.2, 0.25) is 0 Å². The number of nitrogens with one attached hydrogen (secondary N) is 2. The number of esters is 1. The number of nitrogens with zero attached hydrogens (tertiary/aromatic N) is 2. The predicted octanol–water partition coefficient (Wildman–Crippen LogP) is 8.63. The Bertz CT molecular complexity index is 2910. The fraction of sp³-hybridized carbons (Fsp3) is 0.0426. The van der Waals surface area contributed by atoms with Crippen LogP contribution in [0.5, 0.6) is 5.75 Å². The van der Waals surface area contributed by atoms with Gasteiger partial charge in [0, 0.05) is 39.6 Å². The third-order valence-corrected chi connectivity index (χ3v) is 9.80. The van der Waals surface area contributed by atoms with Crippen LogP contribution in [0.15, 0.2) is 158 Å². The molecule has 0 aliphatic rings. The van der Waals surface area contributed by atoms with E-state index in [-0.39, 0.29) is 28.2 Å². The van der Waals surface area contributed by atoms with E-state index in [9.17, 15) is 24.0 Å². The minimum absolute atomic E-state index is 0.0261. The van der Waals surface area contributed by atoms with E-state index in [2.05, 4.69) is 10.6 Å². The Morgan fingerprint density at radius 3 is 1.84 bits per heavy atom. The molecule has 0 aliphatic heterocycles. The summed E-state index contributed by atoms with van der Waals surface area (Å²) in [5.74, 6) is -3.79. The van der Waals surface area contributed by atoms with Gasteiger partial charge in [0.05, 0.1) is 31.2 Å². The van der Waals surface area contributed by atoms with Gasteiger partial charge in [-0.2, -0.15) is 0 Å². The zero-order chi connectivity index (χ0) is 40.3. The molecule has 58 heavy (non-hydrogen) atoms. The normalized spacial score (nSPS) is 10.9. The van der Waals surface area contributed by atoms with E-state index in [0.717, 1.165) is 11.1 Å². The molecule has 0 saturated carbocycles. The van der Waals surface area contributed by atoms with Crippen LogP contribution in [0.25, 0.3) is 44.5 Å². The molecule has 0 fully saturated rings. The van der Waals surface area contributed by atoms with Crippen molar-refractivity contribution >= 4 is 51.8 Å². The maximum Gasteiger partial charge on any atom is 0.338 e. The molecule has 2 amide bonds. The first kappa shape index (κ1) is 36.9. The summed E-state index contributed by atoms with van der Waals surface area (Å²) < 4.78 is 13.8. The number of methoxy groups -OCH3 is 2. The van der Waals surface area contributed by atoms with Gasteiger partial charge in [-0.1, -0.05) is 84.9 Å². The lowest BCUT2D eigenvalue weighted by Gasteiger charge is -2.16. The van der Waals surface area contributed by atoms with Crippen molar-refractivity contribution in [2.45, 2.75) is 0 Å². The minimum atomic E-state index is -0.919. The van der Waals surface area contributed by atoms with Crippen LogP contribution in [0.1, 0.15) is 31.3 Å². The number of aromatic nitrogens is 2. The Balaban J connectivity index is 1.24. The van der Waals surface area contributed by atoms with Gasteiger partial charge in [0.1, 0.15) is 17.1 Å². The van der Waals surface area contributed by atoms with E-state index >= 15 is 0 Å². The first-order valence-corrected chi connectivity index (χ1v) is 18.2. The summed E-state index contributed by atoms with van der Waals surface area (Å²) in [4.78, 5) is 69.5. The summed E-state index contributed by atoms with van der Waals surface area (Å²) in [6.45, 7) is 0. The molecule has 4 heterocycles. The molecule has 2 N–H and O–H groups in total. The first-order chi connectivity index (χ1) is 28.3. The number of carbonyl (C=O) groups is 5. The number of amides is 2. The molecule has 8 rings (SSSR count). The summed E-state index contributed by atoms with van der Waals surface area (Å²) in [5, 5.41) is 5.42. The number of ether oxygens (including phenoxy) is 2. The highest BCUT2D eigenvalue weighted by atomic mass is 16.5. The van der Waals surface area contributed by atoms with Crippen LogP contribution in [-0.2, 0) is 14.3 Å². The van der Waals surface area contributed by atoms with E-state index in [1.54, 1.807) is 69.6 Å². The van der Waals surface area contributed by atoms with Crippen molar-refractivity contribution in [3.63, 3.8) is 0 Å². The summed E-state index contributed by atoms with van der Waals surface area (Å²) in [6.07, 6.45) is 1.72. The minimum Gasteiger partial charge on any atom is -0.495 e. The number of fused-ring (bicyclic) bond motifs is 2. The average molecular weight is 767 g/mol. The number of rotatable bonds is 11. The molecule has 0 aliphatic carbocycles. The van der Waals surface area contributed by atoms with Crippen molar-refractivity contribution in [3.05, 3.63) is 175 Å². The molecule has 0 saturated heterocycles. The molecule has 4 aromatic carbocycles.